The third-order valence-electron chi connectivity index (χ3n) is 4.85. The van der Waals surface area contributed by atoms with Crippen LogP contribution in [0, 0.1) is 5.92 Å². The zero-order valence-electron chi connectivity index (χ0n) is 14.7. The van der Waals surface area contributed by atoms with Crippen LogP contribution in [0.25, 0.3) is 11.3 Å². The summed E-state index contributed by atoms with van der Waals surface area (Å²) in [6.45, 7) is 3.64. The van der Waals surface area contributed by atoms with Crippen molar-refractivity contribution in [2.45, 2.75) is 25.7 Å². The molecule has 1 fully saturated rings. The van der Waals surface area contributed by atoms with Crippen molar-refractivity contribution in [3.8, 4) is 11.3 Å². The van der Waals surface area contributed by atoms with Gasteiger partial charge in [0.05, 0.1) is 0 Å². The minimum atomic E-state index is -0.933. The Bertz CT molecular complexity index is 709. The molecule has 26 heavy (non-hydrogen) atoms. The van der Waals surface area contributed by atoms with E-state index in [0.29, 0.717) is 17.5 Å². The second-order valence-corrected chi connectivity index (χ2v) is 7.20. The van der Waals surface area contributed by atoms with Gasteiger partial charge in [-0.2, -0.15) is 0 Å². The largest absolute Gasteiger partial charge is 0.465 e. The molecule has 0 spiro atoms. The summed E-state index contributed by atoms with van der Waals surface area (Å²) in [5, 5.41) is 16.0. The molecule has 1 aliphatic rings. The smallest absolute Gasteiger partial charge is 0.404 e. The van der Waals surface area contributed by atoms with Gasteiger partial charge in [-0.25, -0.2) is 4.79 Å². The number of likely N-dealkylation sites (tertiary alicyclic amines) is 1. The van der Waals surface area contributed by atoms with Crippen molar-refractivity contribution < 1.29 is 14.4 Å². The molecule has 0 bridgehead atoms. The Kier molecular flexibility index (Phi) is 6.52. The van der Waals surface area contributed by atoms with Crippen LogP contribution in [0.15, 0.2) is 34.9 Å². The van der Waals surface area contributed by atoms with Gasteiger partial charge in [0.25, 0.3) is 0 Å². The SMILES string of the molecule is O=C(O)NCC1CCN(CCCc2cc(-c3ccc(Cl)cc3)no2)CC1. The molecule has 3 rings (SSSR count). The zero-order chi connectivity index (χ0) is 18.4. The highest BCUT2D eigenvalue weighted by molar-refractivity contribution is 6.30. The Labute approximate surface area is 158 Å². The zero-order valence-corrected chi connectivity index (χ0v) is 15.4. The molecule has 2 heterocycles. The molecule has 1 aliphatic heterocycles. The van der Waals surface area contributed by atoms with E-state index in [1.165, 1.54) is 0 Å². The van der Waals surface area contributed by atoms with Crippen LogP contribution in [0.3, 0.4) is 0 Å². The van der Waals surface area contributed by atoms with E-state index < -0.39 is 6.09 Å². The van der Waals surface area contributed by atoms with Crippen molar-refractivity contribution in [1.82, 2.24) is 15.4 Å². The predicted octanol–water partition coefficient (Wildman–Crippen LogP) is 3.91. The van der Waals surface area contributed by atoms with Crippen molar-refractivity contribution in [2.75, 3.05) is 26.2 Å². The number of amides is 1. The van der Waals surface area contributed by atoms with E-state index in [9.17, 15) is 4.79 Å². The number of benzene rings is 1. The third kappa shape index (κ3) is 5.47. The molecule has 0 saturated carbocycles. The molecule has 0 unspecified atom stereocenters. The van der Waals surface area contributed by atoms with Gasteiger partial charge in [0.1, 0.15) is 11.5 Å². The summed E-state index contributed by atoms with van der Waals surface area (Å²) in [6.07, 6.45) is 3.04. The summed E-state index contributed by atoms with van der Waals surface area (Å²) in [4.78, 5) is 13.0. The first kappa shape index (κ1) is 18.7. The van der Waals surface area contributed by atoms with Gasteiger partial charge in [-0.3, -0.25) is 0 Å². The van der Waals surface area contributed by atoms with Crippen LogP contribution in [-0.2, 0) is 6.42 Å². The van der Waals surface area contributed by atoms with Crippen LogP contribution < -0.4 is 5.32 Å². The van der Waals surface area contributed by atoms with Crippen molar-refractivity contribution in [1.29, 1.82) is 0 Å². The topological polar surface area (TPSA) is 78.6 Å². The second kappa shape index (κ2) is 9.05. The highest BCUT2D eigenvalue weighted by Crippen LogP contribution is 2.22. The maximum atomic E-state index is 10.5. The molecule has 0 radical (unpaired) electrons. The Morgan fingerprint density at radius 3 is 2.73 bits per heavy atom. The molecule has 6 nitrogen and oxygen atoms in total. The molecule has 0 atom stereocenters. The summed E-state index contributed by atoms with van der Waals surface area (Å²) in [7, 11) is 0. The summed E-state index contributed by atoms with van der Waals surface area (Å²) >= 11 is 5.91. The van der Waals surface area contributed by atoms with Gasteiger partial charge in [-0.05, 0) is 56.9 Å². The van der Waals surface area contributed by atoms with Crippen LogP contribution in [0.1, 0.15) is 25.0 Å². The fraction of sp³-hybridized carbons (Fsp3) is 0.474. The minimum absolute atomic E-state index is 0.457. The maximum absolute atomic E-state index is 10.5. The van der Waals surface area contributed by atoms with E-state index in [0.717, 1.165) is 62.3 Å². The van der Waals surface area contributed by atoms with Gasteiger partial charge in [0, 0.05) is 29.6 Å². The Balaban J connectivity index is 1.38. The van der Waals surface area contributed by atoms with Crippen molar-refractivity contribution in [3.63, 3.8) is 0 Å². The first-order valence-corrected chi connectivity index (χ1v) is 9.38. The molecule has 1 amide bonds. The van der Waals surface area contributed by atoms with Crippen molar-refractivity contribution in [2.24, 2.45) is 5.92 Å². The Morgan fingerprint density at radius 1 is 1.31 bits per heavy atom. The molecule has 1 aromatic carbocycles. The number of carbonyl (C=O) groups is 1. The number of nitrogens with zero attached hydrogens (tertiary/aromatic N) is 2. The summed E-state index contributed by atoms with van der Waals surface area (Å²) < 4.78 is 5.44. The molecule has 140 valence electrons. The van der Waals surface area contributed by atoms with Gasteiger partial charge in [-0.15, -0.1) is 0 Å². The fourth-order valence-electron chi connectivity index (χ4n) is 3.31. The van der Waals surface area contributed by atoms with E-state index in [1.54, 1.807) is 0 Å². The minimum Gasteiger partial charge on any atom is -0.465 e. The molecule has 1 saturated heterocycles. The lowest BCUT2D eigenvalue weighted by atomic mass is 9.96. The number of nitrogens with one attached hydrogen (secondary N) is 1. The Morgan fingerprint density at radius 2 is 2.04 bits per heavy atom. The summed E-state index contributed by atoms with van der Waals surface area (Å²) in [5.41, 5.74) is 1.84. The van der Waals surface area contributed by atoms with Crippen LogP contribution in [0.2, 0.25) is 5.02 Å². The second-order valence-electron chi connectivity index (χ2n) is 6.76. The fourth-order valence-corrected chi connectivity index (χ4v) is 3.44. The van der Waals surface area contributed by atoms with E-state index in [4.69, 9.17) is 21.2 Å². The van der Waals surface area contributed by atoms with Gasteiger partial charge >= 0.3 is 6.09 Å². The number of carboxylic acid groups (broad SMARTS) is 1. The van der Waals surface area contributed by atoms with E-state index >= 15 is 0 Å². The van der Waals surface area contributed by atoms with Crippen LogP contribution in [-0.4, -0.2) is 47.4 Å². The molecule has 2 N–H and O–H groups in total. The highest BCUT2D eigenvalue weighted by atomic mass is 35.5. The number of halogens is 1. The van der Waals surface area contributed by atoms with Crippen LogP contribution in [0.4, 0.5) is 4.79 Å². The number of aromatic nitrogens is 1. The molecule has 7 heteroatoms. The van der Waals surface area contributed by atoms with Crippen molar-refractivity contribution >= 4 is 17.7 Å². The lowest BCUT2D eigenvalue weighted by molar-refractivity contribution is 0.169. The Hall–Kier alpha value is -2.05. The first-order chi connectivity index (χ1) is 12.6. The van der Waals surface area contributed by atoms with Crippen molar-refractivity contribution in [3.05, 3.63) is 41.1 Å². The number of aryl methyl sites for hydroxylation is 1. The van der Waals surface area contributed by atoms with Gasteiger partial charge in [0.2, 0.25) is 0 Å². The highest BCUT2D eigenvalue weighted by Gasteiger charge is 2.19. The van der Waals surface area contributed by atoms with E-state index in [2.05, 4.69) is 15.4 Å². The number of hydrogen-bond donors (Lipinski definition) is 2. The molecule has 0 aliphatic carbocycles. The number of hydrogen-bond acceptors (Lipinski definition) is 4. The maximum Gasteiger partial charge on any atom is 0.404 e. The third-order valence-corrected chi connectivity index (χ3v) is 5.10. The molecular weight excluding hydrogens is 354 g/mol. The number of rotatable bonds is 7. The van der Waals surface area contributed by atoms with Gasteiger partial charge < -0.3 is 19.8 Å². The molecule has 1 aromatic heterocycles. The van der Waals surface area contributed by atoms with Gasteiger partial charge in [0.15, 0.2) is 0 Å². The standard InChI is InChI=1S/C19H24ClN3O3/c20-16-5-3-15(4-6-16)18-12-17(26-22-18)2-1-9-23-10-7-14(8-11-23)13-21-19(24)25/h3-6,12,14,21H,1-2,7-11,13H2,(H,24,25). The van der Waals surface area contributed by atoms with Gasteiger partial charge in [-0.1, -0.05) is 28.9 Å². The van der Waals surface area contributed by atoms with Crippen LogP contribution in [0.5, 0.6) is 0 Å². The first-order valence-electron chi connectivity index (χ1n) is 9.01. The monoisotopic (exact) mass is 377 g/mol. The summed E-state index contributed by atoms with van der Waals surface area (Å²) in [5.74, 6) is 1.36. The van der Waals surface area contributed by atoms with Crippen LogP contribution >= 0.6 is 11.6 Å². The lowest BCUT2D eigenvalue weighted by Gasteiger charge is -2.31. The quantitative estimate of drug-likeness (QED) is 0.764. The lowest BCUT2D eigenvalue weighted by Crippen LogP contribution is -2.38. The van der Waals surface area contributed by atoms with E-state index in [-0.39, 0.29) is 0 Å². The average Bonchev–Trinajstić information content (AvgIpc) is 3.10. The summed E-state index contributed by atoms with van der Waals surface area (Å²) in [6, 6.07) is 9.56. The number of piperidine rings is 1. The molecule has 2 aromatic rings. The predicted molar refractivity (Wildman–Crippen MR) is 100 cm³/mol. The van der Waals surface area contributed by atoms with E-state index in [1.807, 2.05) is 30.3 Å². The molecular formula is C19H24ClN3O3. The average molecular weight is 378 g/mol. The normalized spacial score (nSPS) is 15.9.